The van der Waals surface area contributed by atoms with Crippen LogP contribution in [0.1, 0.15) is 11.1 Å². The predicted molar refractivity (Wildman–Crippen MR) is 70.3 cm³/mol. The monoisotopic (exact) mass is 266 g/mol. The zero-order chi connectivity index (χ0) is 14.1. The van der Waals surface area contributed by atoms with E-state index < -0.39 is 12.2 Å². The fourth-order valence-electron chi connectivity index (χ4n) is 1.57. The number of carbonyl (C=O) groups is 2. The molecule has 0 radical (unpaired) electrons. The second-order valence-electron chi connectivity index (χ2n) is 3.97. The van der Waals surface area contributed by atoms with Crippen LogP contribution in [0.5, 0.6) is 0 Å². The van der Waals surface area contributed by atoms with Crippen LogP contribution in [0.15, 0.2) is 24.3 Å². The molecule has 104 valence electrons. The summed E-state index contributed by atoms with van der Waals surface area (Å²) < 4.78 is 4.47. The number of rotatable bonds is 6. The molecule has 19 heavy (non-hydrogen) atoms. The van der Waals surface area contributed by atoms with Crippen molar-refractivity contribution in [3.8, 4) is 0 Å². The molecule has 0 aliphatic rings. The molecule has 2 amide bonds. The Morgan fingerprint density at radius 2 is 1.53 bits per heavy atom. The minimum Gasteiger partial charge on any atom is -0.465 e. The Hall–Kier alpha value is -2.24. The minimum absolute atomic E-state index is 0.401. The average Bonchev–Trinajstić information content (AvgIpc) is 2.40. The number of alkyl carbamates (subject to hydrolysis) is 1. The molecule has 1 aromatic carbocycles. The van der Waals surface area contributed by atoms with E-state index in [0.717, 1.165) is 17.5 Å². The number of nitrogens with one attached hydrogen (secondary N) is 2. The molecule has 0 unspecified atom stereocenters. The first-order valence-corrected chi connectivity index (χ1v) is 5.98. The van der Waals surface area contributed by atoms with E-state index in [2.05, 4.69) is 15.4 Å². The maximum atomic E-state index is 10.8. The summed E-state index contributed by atoms with van der Waals surface area (Å²) in [6.07, 6.45) is -0.0580. The van der Waals surface area contributed by atoms with Gasteiger partial charge in [-0.1, -0.05) is 24.3 Å². The van der Waals surface area contributed by atoms with E-state index in [-0.39, 0.29) is 0 Å². The molecule has 0 aromatic heterocycles. The molecule has 1 aromatic rings. The van der Waals surface area contributed by atoms with Gasteiger partial charge < -0.3 is 20.5 Å². The minimum atomic E-state index is -1.01. The highest BCUT2D eigenvalue weighted by atomic mass is 16.5. The molecule has 0 atom stereocenters. The van der Waals surface area contributed by atoms with Crippen molar-refractivity contribution < 1.29 is 19.4 Å². The largest absolute Gasteiger partial charge is 0.465 e. The van der Waals surface area contributed by atoms with Crippen LogP contribution in [-0.4, -0.2) is 37.5 Å². The topological polar surface area (TPSA) is 87.7 Å². The van der Waals surface area contributed by atoms with Gasteiger partial charge in [-0.2, -0.15) is 0 Å². The van der Waals surface area contributed by atoms with Crippen LogP contribution in [0.2, 0.25) is 0 Å². The van der Waals surface area contributed by atoms with Gasteiger partial charge in [0.2, 0.25) is 0 Å². The molecule has 3 N–H and O–H groups in total. The smallest absolute Gasteiger partial charge is 0.406 e. The summed E-state index contributed by atoms with van der Waals surface area (Å²) in [5.41, 5.74) is 2.17. The van der Waals surface area contributed by atoms with E-state index in [0.29, 0.717) is 19.5 Å². The number of methoxy groups -OCH3 is 1. The van der Waals surface area contributed by atoms with Crippen molar-refractivity contribution >= 4 is 12.2 Å². The molecule has 1 rings (SSSR count). The fourth-order valence-corrected chi connectivity index (χ4v) is 1.57. The second-order valence-corrected chi connectivity index (χ2v) is 3.97. The van der Waals surface area contributed by atoms with Gasteiger partial charge in [0.1, 0.15) is 0 Å². The third kappa shape index (κ3) is 6.30. The highest BCUT2D eigenvalue weighted by molar-refractivity contribution is 5.66. The summed E-state index contributed by atoms with van der Waals surface area (Å²) in [5, 5.41) is 13.4. The summed E-state index contributed by atoms with van der Waals surface area (Å²) in [4.78, 5) is 21.1. The summed E-state index contributed by atoms with van der Waals surface area (Å²) in [7, 11) is 1.33. The van der Waals surface area contributed by atoms with Crippen LogP contribution in [-0.2, 0) is 17.6 Å². The van der Waals surface area contributed by atoms with Crippen LogP contribution in [0.3, 0.4) is 0 Å². The SMILES string of the molecule is COC(=O)NCCc1ccc(CCNC(=O)O)cc1. The Balaban J connectivity index is 2.30. The van der Waals surface area contributed by atoms with E-state index in [9.17, 15) is 9.59 Å². The molecule has 0 bridgehead atoms. The van der Waals surface area contributed by atoms with Gasteiger partial charge in [-0.25, -0.2) is 9.59 Å². The Labute approximate surface area is 111 Å². The first kappa shape index (κ1) is 14.8. The number of carbonyl (C=O) groups excluding carboxylic acids is 1. The molecule has 0 fully saturated rings. The number of ether oxygens (including phenoxy) is 1. The first-order valence-electron chi connectivity index (χ1n) is 5.98. The lowest BCUT2D eigenvalue weighted by atomic mass is 10.1. The van der Waals surface area contributed by atoms with Crippen molar-refractivity contribution in [2.75, 3.05) is 20.2 Å². The zero-order valence-electron chi connectivity index (χ0n) is 10.8. The Morgan fingerprint density at radius 1 is 1.05 bits per heavy atom. The number of hydrogen-bond donors (Lipinski definition) is 3. The van der Waals surface area contributed by atoms with E-state index in [4.69, 9.17) is 5.11 Å². The Morgan fingerprint density at radius 3 is 1.95 bits per heavy atom. The number of benzene rings is 1. The van der Waals surface area contributed by atoms with Crippen molar-refractivity contribution in [1.29, 1.82) is 0 Å². The van der Waals surface area contributed by atoms with Gasteiger partial charge in [0, 0.05) is 13.1 Å². The number of carboxylic acid groups (broad SMARTS) is 1. The van der Waals surface area contributed by atoms with Crippen LogP contribution in [0.4, 0.5) is 9.59 Å². The molecule has 0 heterocycles. The lowest BCUT2D eigenvalue weighted by Crippen LogP contribution is -2.25. The molecule has 0 saturated heterocycles. The van der Waals surface area contributed by atoms with Gasteiger partial charge >= 0.3 is 12.2 Å². The van der Waals surface area contributed by atoms with E-state index >= 15 is 0 Å². The standard InChI is InChI=1S/C13H18N2O4/c1-19-13(18)15-9-7-11-4-2-10(3-5-11)6-8-14-12(16)17/h2-5,14H,6-9H2,1H3,(H,15,18)(H,16,17). The van der Waals surface area contributed by atoms with Crippen molar-refractivity contribution in [3.63, 3.8) is 0 Å². The van der Waals surface area contributed by atoms with Crippen molar-refractivity contribution in [1.82, 2.24) is 10.6 Å². The highest BCUT2D eigenvalue weighted by Gasteiger charge is 1.99. The van der Waals surface area contributed by atoms with Gasteiger partial charge in [-0.15, -0.1) is 0 Å². The third-order valence-corrected chi connectivity index (χ3v) is 2.58. The van der Waals surface area contributed by atoms with Crippen molar-refractivity contribution in [3.05, 3.63) is 35.4 Å². The number of hydrogen-bond acceptors (Lipinski definition) is 3. The maximum absolute atomic E-state index is 10.8. The molecule has 6 nitrogen and oxygen atoms in total. The van der Waals surface area contributed by atoms with E-state index in [1.165, 1.54) is 7.11 Å². The third-order valence-electron chi connectivity index (χ3n) is 2.58. The summed E-state index contributed by atoms with van der Waals surface area (Å²) in [6.45, 7) is 0.922. The Kier molecular flexibility index (Phi) is 6.21. The highest BCUT2D eigenvalue weighted by Crippen LogP contribution is 2.05. The van der Waals surface area contributed by atoms with Crippen LogP contribution in [0, 0.1) is 0 Å². The van der Waals surface area contributed by atoms with Gasteiger partial charge in [-0.3, -0.25) is 0 Å². The summed E-state index contributed by atoms with van der Waals surface area (Å²) in [6, 6.07) is 7.85. The van der Waals surface area contributed by atoms with Gasteiger partial charge in [0.25, 0.3) is 0 Å². The molecular weight excluding hydrogens is 248 g/mol. The van der Waals surface area contributed by atoms with Gasteiger partial charge in [0.05, 0.1) is 7.11 Å². The lowest BCUT2D eigenvalue weighted by Gasteiger charge is -2.05. The second kappa shape index (κ2) is 7.97. The summed E-state index contributed by atoms with van der Waals surface area (Å²) >= 11 is 0. The van der Waals surface area contributed by atoms with E-state index in [1.807, 2.05) is 24.3 Å². The van der Waals surface area contributed by atoms with E-state index in [1.54, 1.807) is 0 Å². The zero-order valence-corrected chi connectivity index (χ0v) is 10.8. The Bertz CT molecular complexity index is 417. The molecule has 0 aliphatic carbocycles. The first-order chi connectivity index (χ1) is 9.11. The quantitative estimate of drug-likeness (QED) is 0.726. The molecule has 0 spiro atoms. The average molecular weight is 266 g/mol. The molecule has 0 aliphatic heterocycles. The molecule has 0 saturated carbocycles. The molecular formula is C13H18N2O4. The maximum Gasteiger partial charge on any atom is 0.406 e. The van der Waals surface area contributed by atoms with Crippen molar-refractivity contribution in [2.45, 2.75) is 12.8 Å². The van der Waals surface area contributed by atoms with Gasteiger partial charge in [0.15, 0.2) is 0 Å². The van der Waals surface area contributed by atoms with Crippen LogP contribution < -0.4 is 10.6 Å². The lowest BCUT2D eigenvalue weighted by molar-refractivity contribution is 0.171. The van der Waals surface area contributed by atoms with Gasteiger partial charge in [-0.05, 0) is 24.0 Å². The molecule has 6 heteroatoms. The summed E-state index contributed by atoms with van der Waals surface area (Å²) in [5.74, 6) is 0. The normalized spacial score (nSPS) is 9.74. The number of amides is 2. The van der Waals surface area contributed by atoms with Crippen LogP contribution >= 0.6 is 0 Å². The van der Waals surface area contributed by atoms with Crippen LogP contribution in [0.25, 0.3) is 0 Å². The van der Waals surface area contributed by atoms with Crippen molar-refractivity contribution in [2.24, 2.45) is 0 Å². The fraction of sp³-hybridized carbons (Fsp3) is 0.385. The predicted octanol–water partition coefficient (Wildman–Crippen LogP) is 1.40.